The van der Waals surface area contributed by atoms with Crippen LogP contribution in [0.2, 0.25) is 0 Å². The Kier molecular flexibility index (Phi) is 7.07. The van der Waals surface area contributed by atoms with E-state index < -0.39 is 0 Å². The van der Waals surface area contributed by atoms with Gasteiger partial charge in [0, 0.05) is 5.69 Å². The second-order valence-electron chi connectivity index (χ2n) is 6.86. The first kappa shape index (κ1) is 19.2. The van der Waals surface area contributed by atoms with Crippen LogP contribution in [0.3, 0.4) is 0 Å². The number of carbonyl (C=O) groups excluding carboxylic acids is 1. The van der Waals surface area contributed by atoms with Gasteiger partial charge in [0.25, 0.3) is 5.91 Å². The maximum absolute atomic E-state index is 12.3. The second-order valence-corrected chi connectivity index (χ2v) is 6.86. The molecular weight excluding hydrogens is 342 g/mol. The Hall–Kier alpha value is -2.57. The van der Waals surface area contributed by atoms with Gasteiger partial charge in [-0.3, -0.25) is 4.79 Å². The van der Waals surface area contributed by atoms with E-state index in [1.165, 1.54) is 4.90 Å². The summed E-state index contributed by atoms with van der Waals surface area (Å²) in [4.78, 5) is 15.1. The van der Waals surface area contributed by atoms with Crippen molar-refractivity contribution < 1.29 is 24.1 Å². The van der Waals surface area contributed by atoms with Gasteiger partial charge in [0.15, 0.2) is 6.54 Å². The van der Waals surface area contributed by atoms with Crippen LogP contribution < -0.4 is 24.6 Å². The van der Waals surface area contributed by atoms with Gasteiger partial charge < -0.3 is 24.6 Å². The predicted molar refractivity (Wildman–Crippen MR) is 105 cm³/mol. The molecule has 2 aromatic carbocycles. The van der Waals surface area contributed by atoms with Crippen LogP contribution in [0.5, 0.6) is 11.5 Å². The molecule has 3 N–H and O–H groups in total. The lowest BCUT2D eigenvalue weighted by Crippen LogP contribution is -3.28. The highest BCUT2D eigenvalue weighted by Crippen LogP contribution is 2.14. The van der Waals surface area contributed by atoms with Crippen LogP contribution >= 0.6 is 0 Å². The minimum Gasteiger partial charge on any atom is -0.497 e. The van der Waals surface area contributed by atoms with Gasteiger partial charge >= 0.3 is 0 Å². The number of carbonyl (C=O) groups is 1. The number of rotatable bonds is 8. The third kappa shape index (κ3) is 6.27. The molecule has 1 aliphatic heterocycles. The molecule has 1 aliphatic rings. The summed E-state index contributed by atoms with van der Waals surface area (Å²) < 4.78 is 10.9. The fourth-order valence-corrected chi connectivity index (χ4v) is 3.32. The van der Waals surface area contributed by atoms with Crippen LogP contribution in [0.4, 0.5) is 5.69 Å². The molecule has 1 heterocycles. The number of amides is 1. The summed E-state index contributed by atoms with van der Waals surface area (Å²) in [6.07, 6.45) is 0. The lowest BCUT2D eigenvalue weighted by molar-refractivity contribution is -1.01. The molecule has 27 heavy (non-hydrogen) atoms. The summed E-state index contributed by atoms with van der Waals surface area (Å²) in [6, 6.07) is 17.4. The molecule has 0 saturated carbocycles. The van der Waals surface area contributed by atoms with Gasteiger partial charge in [0.05, 0.1) is 7.11 Å². The molecule has 0 radical (unpaired) electrons. The number of para-hydroxylation sites is 1. The highest BCUT2D eigenvalue weighted by Gasteiger charge is 2.24. The maximum Gasteiger partial charge on any atom is 0.279 e. The maximum atomic E-state index is 12.3. The summed E-state index contributed by atoms with van der Waals surface area (Å²) in [5, 5.41) is 2.96. The van der Waals surface area contributed by atoms with Crippen molar-refractivity contribution in [2.24, 2.45) is 0 Å². The van der Waals surface area contributed by atoms with E-state index in [-0.39, 0.29) is 5.91 Å². The van der Waals surface area contributed by atoms with Crippen molar-refractivity contribution in [3.8, 4) is 11.5 Å². The highest BCUT2D eigenvalue weighted by molar-refractivity contribution is 5.91. The molecule has 1 fully saturated rings. The van der Waals surface area contributed by atoms with Crippen LogP contribution in [-0.2, 0) is 4.79 Å². The van der Waals surface area contributed by atoms with Crippen molar-refractivity contribution in [3.05, 3.63) is 54.6 Å². The first-order valence-electron chi connectivity index (χ1n) is 9.52. The molecule has 0 aliphatic carbocycles. The van der Waals surface area contributed by atoms with Crippen LogP contribution in [0.15, 0.2) is 54.6 Å². The van der Waals surface area contributed by atoms with Crippen molar-refractivity contribution >= 4 is 11.6 Å². The van der Waals surface area contributed by atoms with E-state index in [1.54, 1.807) is 12.0 Å². The summed E-state index contributed by atoms with van der Waals surface area (Å²) in [5.74, 6) is 1.77. The highest BCUT2D eigenvalue weighted by atomic mass is 16.5. The number of hydrogen-bond donors (Lipinski definition) is 3. The van der Waals surface area contributed by atoms with Crippen molar-refractivity contribution in [2.45, 2.75) is 0 Å². The molecule has 1 saturated heterocycles. The van der Waals surface area contributed by atoms with E-state index in [1.807, 2.05) is 54.6 Å². The number of benzene rings is 2. The first-order valence-corrected chi connectivity index (χ1v) is 9.52. The number of nitrogens with one attached hydrogen (secondary N) is 3. The Labute approximate surface area is 160 Å². The minimum absolute atomic E-state index is 0.0611. The van der Waals surface area contributed by atoms with Gasteiger partial charge in [-0.25, -0.2) is 0 Å². The van der Waals surface area contributed by atoms with E-state index in [0.29, 0.717) is 6.54 Å². The normalized spacial score (nSPS) is 19.3. The Morgan fingerprint density at radius 1 is 0.926 bits per heavy atom. The summed E-state index contributed by atoms with van der Waals surface area (Å²) in [6.45, 7) is 6.41. The smallest absolute Gasteiger partial charge is 0.279 e. The van der Waals surface area contributed by atoms with Gasteiger partial charge in [0.2, 0.25) is 0 Å². The Morgan fingerprint density at radius 2 is 1.59 bits per heavy atom. The van der Waals surface area contributed by atoms with Crippen molar-refractivity contribution in [1.82, 2.24) is 0 Å². The first-order chi connectivity index (χ1) is 13.2. The van der Waals surface area contributed by atoms with E-state index in [2.05, 4.69) is 5.32 Å². The lowest BCUT2D eigenvalue weighted by atomic mass is 10.3. The molecule has 3 rings (SSSR count). The third-order valence-electron chi connectivity index (χ3n) is 4.92. The molecule has 0 spiro atoms. The topological polar surface area (TPSA) is 56.4 Å². The molecule has 0 bridgehead atoms. The van der Waals surface area contributed by atoms with E-state index in [9.17, 15) is 4.79 Å². The number of hydrogen-bond acceptors (Lipinski definition) is 3. The molecule has 0 unspecified atom stereocenters. The third-order valence-corrected chi connectivity index (χ3v) is 4.92. The SMILES string of the molecule is COc1ccc(NC(=O)C[NH+]2CC[NH+](CCOc3ccccc3)CC2)cc1. The van der Waals surface area contributed by atoms with Gasteiger partial charge in [-0.1, -0.05) is 18.2 Å². The van der Waals surface area contributed by atoms with E-state index >= 15 is 0 Å². The summed E-state index contributed by atoms with van der Waals surface area (Å²) in [7, 11) is 1.63. The largest absolute Gasteiger partial charge is 0.497 e. The van der Waals surface area contributed by atoms with Crippen molar-refractivity contribution in [1.29, 1.82) is 0 Å². The number of quaternary nitrogens is 2. The van der Waals surface area contributed by atoms with Crippen LogP contribution in [-0.4, -0.2) is 58.9 Å². The van der Waals surface area contributed by atoms with Gasteiger partial charge in [-0.05, 0) is 36.4 Å². The second kappa shape index (κ2) is 9.94. The average Bonchev–Trinajstić information content (AvgIpc) is 2.71. The minimum atomic E-state index is 0.0611. The van der Waals surface area contributed by atoms with Gasteiger partial charge in [-0.2, -0.15) is 0 Å². The number of piperazine rings is 1. The zero-order valence-electron chi connectivity index (χ0n) is 15.9. The monoisotopic (exact) mass is 371 g/mol. The number of anilines is 1. The quantitative estimate of drug-likeness (QED) is 0.586. The van der Waals surface area contributed by atoms with Gasteiger partial charge in [0.1, 0.15) is 50.8 Å². The fourth-order valence-electron chi connectivity index (χ4n) is 3.32. The molecular formula is C21H29N3O3+2. The molecule has 144 valence electrons. The molecule has 6 nitrogen and oxygen atoms in total. The number of methoxy groups -OCH3 is 1. The standard InChI is InChI=1S/C21H27N3O3/c1-26-19-9-7-18(8-10-19)22-21(25)17-24-13-11-23(12-14-24)15-16-27-20-5-3-2-4-6-20/h2-10H,11-17H2,1H3,(H,22,25)/p+2. The molecule has 0 atom stereocenters. The molecule has 2 aromatic rings. The number of ether oxygens (including phenoxy) is 2. The fraction of sp³-hybridized carbons (Fsp3) is 0.381. The van der Waals surface area contributed by atoms with E-state index in [0.717, 1.165) is 56.5 Å². The zero-order valence-corrected chi connectivity index (χ0v) is 15.9. The summed E-state index contributed by atoms with van der Waals surface area (Å²) >= 11 is 0. The average molecular weight is 371 g/mol. The zero-order chi connectivity index (χ0) is 18.9. The van der Waals surface area contributed by atoms with Crippen molar-refractivity contribution in [2.75, 3.05) is 58.3 Å². The lowest BCUT2D eigenvalue weighted by Gasteiger charge is -2.29. The van der Waals surface area contributed by atoms with Gasteiger partial charge in [-0.15, -0.1) is 0 Å². The molecule has 0 aromatic heterocycles. The molecule has 1 amide bonds. The molecule has 6 heteroatoms. The van der Waals surface area contributed by atoms with Crippen LogP contribution in [0, 0.1) is 0 Å². The van der Waals surface area contributed by atoms with Crippen LogP contribution in [0.25, 0.3) is 0 Å². The Morgan fingerprint density at radius 3 is 2.26 bits per heavy atom. The summed E-state index contributed by atoms with van der Waals surface area (Å²) in [5.41, 5.74) is 0.808. The predicted octanol–water partition coefficient (Wildman–Crippen LogP) is -0.504. The van der Waals surface area contributed by atoms with E-state index in [4.69, 9.17) is 9.47 Å². The Bertz CT molecular complexity index is 698. The van der Waals surface area contributed by atoms with Crippen LogP contribution in [0.1, 0.15) is 0 Å². The van der Waals surface area contributed by atoms with Crippen molar-refractivity contribution in [3.63, 3.8) is 0 Å². The Balaban J connectivity index is 1.33.